The van der Waals surface area contributed by atoms with Crippen LogP contribution in [0.1, 0.15) is 12.8 Å². The van der Waals surface area contributed by atoms with Gasteiger partial charge < -0.3 is 29.5 Å². The molecule has 166 valence electrons. The topological polar surface area (TPSA) is 109 Å². The number of likely N-dealkylation sites (tertiary alicyclic amines) is 1. The van der Waals surface area contributed by atoms with Gasteiger partial charge in [0, 0.05) is 37.2 Å². The molecule has 0 bridgehead atoms. The van der Waals surface area contributed by atoms with Gasteiger partial charge in [0.25, 0.3) is 0 Å². The van der Waals surface area contributed by atoms with Gasteiger partial charge in [-0.05, 0) is 31.0 Å². The number of nitrogens with one attached hydrogen (secondary N) is 1. The highest BCUT2D eigenvalue weighted by atomic mass is 35.5. The van der Waals surface area contributed by atoms with E-state index < -0.39 is 6.09 Å². The molecule has 0 atom stereocenters. The molecule has 2 aliphatic rings. The molecule has 0 saturated carbocycles. The average molecular weight is 456 g/mol. The molecule has 10 nitrogen and oxygen atoms in total. The third kappa shape index (κ3) is 3.89. The SMILES string of the molecule is O=C(O)N1CCC(N2CCOc3c(Nc4ccc(-n5ccnc5)cc4Cl)ncnc32)CC1. The molecule has 0 aliphatic carbocycles. The Labute approximate surface area is 189 Å². The van der Waals surface area contributed by atoms with Crippen LogP contribution in [0, 0.1) is 0 Å². The second kappa shape index (κ2) is 8.54. The Hall–Kier alpha value is -3.53. The molecule has 1 saturated heterocycles. The van der Waals surface area contributed by atoms with Crippen molar-refractivity contribution < 1.29 is 14.6 Å². The maximum Gasteiger partial charge on any atom is 0.407 e. The molecule has 1 aromatic carbocycles. The van der Waals surface area contributed by atoms with Crippen LogP contribution in [0.4, 0.5) is 22.1 Å². The van der Waals surface area contributed by atoms with Gasteiger partial charge in [-0.1, -0.05) is 11.6 Å². The lowest BCUT2D eigenvalue weighted by atomic mass is 10.0. The van der Waals surface area contributed by atoms with E-state index in [1.165, 1.54) is 11.2 Å². The number of halogens is 1. The fourth-order valence-electron chi connectivity index (χ4n) is 4.17. The minimum Gasteiger partial charge on any atom is -0.485 e. The van der Waals surface area contributed by atoms with Crippen LogP contribution in [0.3, 0.4) is 0 Å². The third-order valence-electron chi connectivity index (χ3n) is 5.82. The normalized spacial score (nSPS) is 16.4. The lowest BCUT2D eigenvalue weighted by molar-refractivity contribution is 0.130. The number of aromatic nitrogens is 4. The first kappa shape index (κ1) is 20.4. The van der Waals surface area contributed by atoms with Crippen LogP contribution in [-0.2, 0) is 0 Å². The summed E-state index contributed by atoms with van der Waals surface area (Å²) in [5, 5.41) is 13.0. The van der Waals surface area contributed by atoms with Gasteiger partial charge in [-0.25, -0.2) is 19.7 Å². The van der Waals surface area contributed by atoms with Gasteiger partial charge in [0.05, 0.1) is 23.6 Å². The Balaban J connectivity index is 1.37. The highest BCUT2D eigenvalue weighted by Gasteiger charge is 2.32. The van der Waals surface area contributed by atoms with Crippen molar-refractivity contribution in [2.45, 2.75) is 18.9 Å². The molecule has 3 aromatic rings. The summed E-state index contributed by atoms with van der Waals surface area (Å²) < 4.78 is 7.81. The minimum atomic E-state index is -0.865. The van der Waals surface area contributed by atoms with Gasteiger partial charge in [0.2, 0.25) is 5.75 Å². The first-order chi connectivity index (χ1) is 15.6. The molecule has 11 heteroatoms. The number of carboxylic acid groups (broad SMARTS) is 1. The van der Waals surface area contributed by atoms with Crippen LogP contribution in [0.15, 0.2) is 43.2 Å². The second-order valence-corrected chi connectivity index (χ2v) is 8.08. The van der Waals surface area contributed by atoms with E-state index in [1.807, 2.05) is 29.0 Å². The predicted octanol–water partition coefficient (Wildman–Crippen LogP) is 3.40. The van der Waals surface area contributed by atoms with Crippen LogP contribution in [0.2, 0.25) is 5.02 Å². The van der Waals surface area contributed by atoms with Crippen molar-refractivity contribution in [1.29, 1.82) is 0 Å². The van der Waals surface area contributed by atoms with Crippen molar-refractivity contribution in [1.82, 2.24) is 24.4 Å². The zero-order chi connectivity index (χ0) is 22.1. The van der Waals surface area contributed by atoms with E-state index in [9.17, 15) is 9.90 Å². The summed E-state index contributed by atoms with van der Waals surface area (Å²) in [6.07, 6.45) is 7.41. The van der Waals surface area contributed by atoms with Crippen LogP contribution in [0.5, 0.6) is 5.75 Å². The summed E-state index contributed by atoms with van der Waals surface area (Å²) in [6.45, 7) is 2.23. The number of fused-ring (bicyclic) bond motifs is 1. The number of rotatable bonds is 4. The molecular formula is C21H22ClN7O3. The smallest absolute Gasteiger partial charge is 0.407 e. The standard InChI is InChI=1S/C21H22ClN7O3/c22-16-11-15(28-8-5-23-13-28)1-2-17(16)26-19-18-20(25-12-24-19)29(9-10-32-18)14-3-6-27(7-4-14)21(30)31/h1-2,5,8,11-14H,3-4,6-7,9-10H2,(H,30,31)(H,24,25,26). The van der Waals surface area contributed by atoms with Gasteiger partial charge in [0.1, 0.15) is 12.9 Å². The van der Waals surface area contributed by atoms with Crippen molar-refractivity contribution >= 4 is 35.0 Å². The Morgan fingerprint density at radius 1 is 1.22 bits per heavy atom. The molecule has 2 N–H and O–H groups in total. The molecule has 0 radical (unpaired) electrons. The largest absolute Gasteiger partial charge is 0.485 e. The monoisotopic (exact) mass is 455 g/mol. The minimum absolute atomic E-state index is 0.203. The summed E-state index contributed by atoms with van der Waals surface area (Å²) in [5.74, 6) is 1.84. The van der Waals surface area contributed by atoms with Crippen molar-refractivity contribution in [2.75, 3.05) is 36.5 Å². The molecule has 32 heavy (non-hydrogen) atoms. The molecule has 2 aliphatic heterocycles. The van der Waals surface area contributed by atoms with E-state index >= 15 is 0 Å². The molecule has 1 fully saturated rings. The summed E-state index contributed by atoms with van der Waals surface area (Å²) >= 11 is 6.53. The number of carbonyl (C=O) groups is 1. The van der Waals surface area contributed by atoms with Crippen molar-refractivity contribution in [3.63, 3.8) is 0 Å². The average Bonchev–Trinajstić information content (AvgIpc) is 3.35. The highest BCUT2D eigenvalue weighted by molar-refractivity contribution is 6.33. The van der Waals surface area contributed by atoms with Gasteiger partial charge in [-0.15, -0.1) is 0 Å². The Morgan fingerprint density at radius 3 is 2.78 bits per heavy atom. The fourth-order valence-corrected chi connectivity index (χ4v) is 4.39. The molecule has 2 aromatic heterocycles. The summed E-state index contributed by atoms with van der Waals surface area (Å²) in [5.41, 5.74) is 1.60. The number of hydrogen-bond acceptors (Lipinski definition) is 7. The summed E-state index contributed by atoms with van der Waals surface area (Å²) in [7, 11) is 0. The van der Waals surface area contributed by atoms with Gasteiger partial charge in [-0.3, -0.25) is 0 Å². The lowest BCUT2D eigenvalue weighted by Gasteiger charge is -2.40. The van der Waals surface area contributed by atoms with E-state index in [4.69, 9.17) is 16.3 Å². The van der Waals surface area contributed by atoms with E-state index in [0.29, 0.717) is 54.3 Å². The number of imidazole rings is 1. The molecular weight excluding hydrogens is 434 g/mol. The van der Waals surface area contributed by atoms with Gasteiger partial charge in [0.15, 0.2) is 11.6 Å². The van der Waals surface area contributed by atoms with E-state index in [0.717, 1.165) is 18.5 Å². The van der Waals surface area contributed by atoms with Crippen LogP contribution in [0.25, 0.3) is 5.69 Å². The van der Waals surface area contributed by atoms with Gasteiger partial charge >= 0.3 is 6.09 Å². The Kier molecular flexibility index (Phi) is 5.44. The second-order valence-electron chi connectivity index (χ2n) is 7.68. The molecule has 0 spiro atoms. The highest BCUT2D eigenvalue weighted by Crippen LogP contribution is 2.39. The van der Waals surface area contributed by atoms with Gasteiger partial charge in [-0.2, -0.15) is 0 Å². The molecule has 4 heterocycles. The molecule has 5 rings (SSSR count). The Bertz CT molecular complexity index is 1120. The van der Waals surface area contributed by atoms with Crippen molar-refractivity contribution in [3.8, 4) is 11.4 Å². The van der Waals surface area contributed by atoms with E-state index in [2.05, 4.69) is 25.2 Å². The molecule has 0 unspecified atom stereocenters. The van der Waals surface area contributed by atoms with Crippen molar-refractivity contribution in [2.24, 2.45) is 0 Å². The maximum atomic E-state index is 11.2. The number of hydrogen-bond donors (Lipinski definition) is 2. The summed E-state index contributed by atoms with van der Waals surface area (Å²) in [6, 6.07) is 5.87. The van der Waals surface area contributed by atoms with E-state index in [1.54, 1.807) is 12.5 Å². The zero-order valence-corrected chi connectivity index (χ0v) is 17.9. The lowest BCUT2D eigenvalue weighted by Crippen LogP contribution is -2.49. The first-order valence-electron chi connectivity index (χ1n) is 10.4. The quantitative estimate of drug-likeness (QED) is 0.616. The number of amides is 1. The number of ether oxygens (including phenoxy) is 1. The maximum absolute atomic E-state index is 11.2. The summed E-state index contributed by atoms with van der Waals surface area (Å²) in [4.78, 5) is 27.8. The number of piperidine rings is 1. The number of nitrogens with zero attached hydrogens (tertiary/aromatic N) is 6. The Morgan fingerprint density at radius 2 is 2.06 bits per heavy atom. The number of anilines is 3. The fraction of sp³-hybridized carbons (Fsp3) is 0.333. The predicted molar refractivity (Wildman–Crippen MR) is 119 cm³/mol. The van der Waals surface area contributed by atoms with Crippen LogP contribution in [-0.4, -0.2) is 67.9 Å². The van der Waals surface area contributed by atoms with Crippen LogP contribution < -0.4 is 15.0 Å². The molecule has 1 amide bonds. The third-order valence-corrected chi connectivity index (χ3v) is 6.13. The zero-order valence-electron chi connectivity index (χ0n) is 17.2. The van der Waals surface area contributed by atoms with Crippen LogP contribution >= 0.6 is 11.6 Å². The number of benzene rings is 1. The van der Waals surface area contributed by atoms with Crippen molar-refractivity contribution in [3.05, 3.63) is 48.3 Å². The first-order valence-corrected chi connectivity index (χ1v) is 10.7. The van der Waals surface area contributed by atoms with E-state index in [-0.39, 0.29) is 6.04 Å².